The van der Waals surface area contributed by atoms with Crippen LogP contribution in [0.1, 0.15) is 30.3 Å². The SMILES string of the molecule is CCC(NC(=O)Cc1c(C)n[nH]c1C)C(=O)O. The predicted molar refractivity (Wildman–Crippen MR) is 61.6 cm³/mol. The summed E-state index contributed by atoms with van der Waals surface area (Å²) in [5, 5.41) is 18.1. The Kier molecular flexibility index (Phi) is 4.25. The third-order valence-corrected chi connectivity index (χ3v) is 2.66. The first kappa shape index (κ1) is 13.2. The molecular weight excluding hydrogens is 222 g/mol. The number of hydrogen-bond acceptors (Lipinski definition) is 3. The summed E-state index contributed by atoms with van der Waals surface area (Å²) in [6.45, 7) is 5.35. The average molecular weight is 239 g/mol. The molecule has 6 heteroatoms. The molecule has 0 aliphatic rings. The van der Waals surface area contributed by atoms with E-state index in [1.165, 1.54) is 0 Å². The van der Waals surface area contributed by atoms with Gasteiger partial charge in [0.25, 0.3) is 0 Å². The Hall–Kier alpha value is -1.85. The van der Waals surface area contributed by atoms with Crippen molar-refractivity contribution in [2.45, 2.75) is 39.7 Å². The van der Waals surface area contributed by atoms with Gasteiger partial charge < -0.3 is 10.4 Å². The molecular formula is C11H17N3O3. The van der Waals surface area contributed by atoms with E-state index in [0.29, 0.717) is 6.42 Å². The molecule has 0 aliphatic carbocycles. The Morgan fingerprint density at radius 3 is 2.53 bits per heavy atom. The van der Waals surface area contributed by atoms with E-state index in [9.17, 15) is 9.59 Å². The fraction of sp³-hybridized carbons (Fsp3) is 0.545. The fourth-order valence-electron chi connectivity index (χ4n) is 1.58. The zero-order chi connectivity index (χ0) is 13.0. The summed E-state index contributed by atoms with van der Waals surface area (Å²) in [4.78, 5) is 22.4. The molecule has 0 fully saturated rings. The first-order valence-corrected chi connectivity index (χ1v) is 5.48. The van der Waals surface area contributed by atoms with Gasteiger partial charge in [0.05, 0.1) is 12.1 Å². The van der Waals surface area contributed by atoms with E-state index in [4.69, 9.17) is 5.11 Å². The molecule has 0 bridgehead atoms. The Morgan fingerprint density at radius 2 is 2.12 bits per heavy atom. The highest BCUT2D eigenvalue weighted by atomic mass is 16.4. The van der Waals surface area contributed by atoms with Gasteiger partial charge in [-0.15, -0.1) is 0 Å². The number of carbonyl (C=O) groups is 2. The zero-order valence-corrected chi connectivity index (χ0v) is 10.2. The maximum absolute atomic E-state index is 11.7. The lowest BCUT2D eigenvalue weighted by Crippen LogP contribution is -2.41. The van der Waals surface area contributed by atoms with Crippen molar-refractivity contribution in [3.05, 3.63) is 17.0 Å². The second-order valence-electron chi connectivity index (χ2n) is 3.96. The summed E-state index contributed by atoms with van der Waals surface area (Å²) < 4.78 is 0. The van der Waals surface area contributed by atoms with Gasteiger partial charge in [0.2, 0.25) is 5.91 Å². The lowest BCUT2D eigenvalue weighted by molar-refractivity contribution is -0.141. The minimum absolute atomic E-state index is 0.151. The molecule has 94 valence electrons. The van der Waals surface area contributed by atoms with Gasteiger partial charge in [0, 0.05) is 11.3 Å². The number of amides is 1. The van der Waals surface area contributed by atoms with Gasteiger partial charge in [-0.1, -0.05) is 6.92 Å². The summed E-state index contributed by atoms with van der Waals surface area (Å²) in [6.07, 6.45) is 0.516. The number of aromatic amines is 1. The lowest BCUT2D eigenvalue weighted by atomic mass is 10.1. The summed E-state index contributed by atoms with van der Waals surface area (Å²) in [6, 6.07) is -0.824. The molecule has 0 aliphatic heterocycles. The molecule has 0 radical (unpaired) electrons. The van der Waals surface area contributed by atoms with Crippen molar-refractivity contribution in [3.63, 3.8) is 0 Å². The van der Waals surface area contributed by atoms with Gasteiger partial charge in [-0.25, -0.2) is 4.79 Å². The smallest absolute Gasteiger partial charge is 0.326 e. The third kappa shape index (κ3) is 3.30. The second kappa shape index (κ2) is 5.47. The van der Waals surface area contributed by atoms with Crippen LogP contribution in [-0.2, 0) is 16.0 Å². The van der Waals surface area contributed by atoms with Crippen LogP contribution in [0.25, 0.3) is 0 Å². The highest BCUT2D eigenvalue weighted by molar-refractivity contribution is 5.85. The van der Waals surface area contributed by atoms with Crippen molar-refractivity contribution in [1.82, 2.24) is 15.5 Å². The number of aromatic nitrogens is 2. The van der Waals surface area contributed by atoms with Crippen molar-refractivity contribution >= 4 is 11.9 Å². The second-order valence-corrected chi connectivity index (χ2v) is 3.96. The fourth-order valence-corrected chi connectivity index (χ4v) is 1.58. The zero-order valence-electron chi connectivity index (χ0n) is 10.2. The predicted octanol–water partition coefficient (Wildman–Crippen LogP) is 0.548. The third-order valence-electron chi connectivity index (χ3n) is 2.66. The maximum Gasteiger partial charge on any atom is 0.326 e. The highest BCUT2D eigenvalue weighted by Crippen LogP contribution is 2.10. The lowest BCUT2D eigenvalue weighted by Gasteiger charge is -2.12. The number of carbonyl (C=O) groups excluding carboxylic acids is 1. The van der Waals surface area contributed by atoms with E-state index in [0.717, 1.165) is 17.0 Å². The first-order valence-electron chi connectivity index (χ1n) is 5.48. The molecule has 1 atom stereocenters. The van der Waals surface area contributed by atoms with E-state index in [-0.39, 0.29) is 12.3 Å². The van der Waals surface area contributed by atoms with Crippen LogP contribution < -0.4 is 5.32 Å². The molecule has 0 saturated heterocycles. The summed E-state index contributed by atoms with van der Waals surface area (Å²) >= 11 is 0. The van der Waals surface area contributed by atoms with E-state index in [1.54, 1.807) is 13.8 Å². The van der Waals surface area contributed by atoms with Crippen molar-refractivity contribution in [3.8, 4) is 0 Å². The van der Waals surface area contributed by atoms with Gasteiger partial charge >= 0.3 is 5.97 Å². The maximum atomic E-state index is 11.7. The molecule has 17 heavy (non-hydrogen) atoms. The molecule has 0 aromatic carbocycles. The van der Waals surface area contributed by atoms with Crippen molar-refractivity contribution in [1.29, 1.82) is 0 Å². The molecule has 0 spiro atoms. The molecule has 1 heterocycles. The van der Waals surface area contributed by atoms with Gasteiger partial charge in [-0.2, -0.15) is 5.10 Å². The Balaban J connectivity index is 2.64. The molecule has 1 unspecified atom stereocenters. The van der Waals surface area contributed by atoms with E-state index < -0.39 is 12.0 Å². The van der Waals surface area contributed by atoms with Gasteiger partial charge in [-0.05, 0) is 20.3 Å². The molecule has 0 saturated carbocycles. The topological polar surface area (TPSA) is 95.1 Å². The number of rotatable bonds is 5. The van der Waals surface area contributed by atoms with Crippen LogP contribution >= 0.6 is 0 Å². The number of hydrogen-bond donors (Lipinski definition) is 3. The number of carboxylic acids is 1. The van der Waals surface area contributed by atoms with Gasteiger partial charge in [0.1, 0.15) is 6.04 Å². The Bertz CT molecular complexity index is 406. The highest BCUT2D eigenvalue weighted by Gasteiger charge is 2.19. The molecule has 3 N–H and O–H groups in total. The van der Waals surface area contributed by atoms with Crippen molar-refractivity contribution in [2.24, 2.45) is 0 Å². The number of aryl methyl sites for hydroxylation is 2. The van der Waals surface area contributed by atoms with Crippen LogP contribution in [0.2, 0.25) is 0 Å². The average Bonchev–Trinajstić information content (AvgIpc) is 2.57. The number of nitrogens with zero attached hydrogens (tertiary/aromatic N) is 1. The quantitative estimate of drug-likeness (QED) is 0.699. The summed E-state index contributed by atoms with van der Waals surface area (Å²) in [5.41, 5.74) is 2.42. The van der Waals surface area contributed by atoms with Crippen LogP contribution in [0.5, 0.6) is 0 Å². The Morgan fingerprint density at radius 1 is 1.47 bits per heavy atom. The monoisotopic (exact) mass is 239 g/mol. The van der Waals surface area contributed by atoms with E-state index in [1.807, 2.05) is 6.92 Å². The summed E-state index contributed by atoms with van der Waals surface area (Å²) in [7, 11) is 0. The Labute approximate surface area is 99.4 Å². The van der Waals surface area contributed by atoms with Crippen LogP contribution in [0.3, 0.4) is 0 Å². The van der Waals surface area contributed by atoms with Crippen LogP contribution in [0.15, 0.2) is 0 Å². The minimum atomic E-state index is -1.01. The molecule has 1 aromatic rings. The van der Waals surface area contributed by atoms with Crippen LogP contribution in [-0.4, -0.2) is 33.2 Å². The first-order chi connectivity index (χ1) is 7.95. The van der Waals surface area contributed by atoms with Gasteiger partial charge in [0.15, 0.2) is 0 Å². The number of carboxylic acid groups (broad SMARTS) is 1. The molecule has 1 rings (SSSR count). The van der Waals surface area contributed by atoms with Crippen molar-refractivity contribution in [2.75, 3.05) is 0 Å². The van der Waals surface area contributed by atoms with Crippen LogP contribution in [0.4, 0.5) is 0 Å². The summed E-state index contributed by atoms with van der Waals surface area (Å²) in [5.74, 6) is -1.31. The normalized spacial score (nSPS) is 12.2. The number of aliphatic carboxylic acids is 1. The number of nitrogens with one attached hydrogen (secondary N) is 2. The number of H-pyrrole nitrogens is 1. The molecule has 1 aromatic heterocycles. The van der Waals surface area contributed by atoms with Gasteiger partial charge in [-0.3, -0.25) is 9.89 Å². The molecule has 1 amide bonds. The standard InChI is InChI=1S/C11H17N3O3/c1-4-9(11(16)17)12-10(15)5-8-6(2)13-14-7(8)3/h9H,4-5H2,1-3H3,(H,12,15)(H,13,14)(H,16,17). The largest absolute Gasteiger partial charge is 0.480 e. The van der Waals surface area contributed by atoms with Crippen LogP contribution in [0, 0.1) is 13.8 Å². The van der Waals surface area contributed by atoms with E-state index in [2.05, 4.69) is 15.5 Å². The minimum Gasteiger partial charge on any atom is -0.480 e. The van der Waals surface area contributed by atoms with E-state index >= 15 is 0 Å². The molecule has 6 nitrogen and oxygen atoms in total. The van der Waals surface area contributed by atoms with Crippen molar-refractivity contribution < 1.29 is 14.7 Å².